The zero-order chi connectivity index (χ0) is 24.1. The topological polar surface area (TPSA) is 63.6 Å². The summed E-state index contributed by atoms with van der Waals surface area (Å²) in [6.07, 6.45) is -3.02. The Morgan fingerprint density at radius 3 is 2.44 bits per heavy atom. The molecule has 0 aliphatic carbocycles. The Kier molecular flexibility index (Phi) is 7.02. The molecule has 34 heavy (non-hydrogen) atoms. The fourth-order valence-electron chi connectivity index (χ4n) is 3.89. The highest BCUT2D eigenvalue weighted by atomic mass is 19.4. The number of carbonyl (C=O) groups is 1. The zero-order valence-corrected chi connectivity index (χ0v) is 18.3. The summed E-state index contributed by atoms with van der Waals surface area (Å²) in [5.74, 6) is -0.724. The van der Waals surface area contributed by atoms with Gasteiger partial charge in [-0.05, 0) is 35.4 Å². The smallest absolute Gasteiger partial charge is 0.378 e. The van der Waals surface area contributed by atoms with E-state index in [1.807, 2.05) is 35.2 Å². The molecule has 1 aromatic heterocycles. The Balaban J connectivity index is 1.51. The van der Waals surface area contributed by atoms with E-state index in [2.05, 4.69) is 5.32 Å². The largest absolute Gasteiger partial charge is 0.416 e. The molecule has 1 amide bonds. The Morgan fingerprint density at radius 2 is 1.74 bits per heavy atom. The van der Waals surface area contributed by atoms with E-state index in [-0.39, 0.29) is 24.2 Å². The second-order valence-electron chi connectivity index (χ2n) is 7.96. The first-order chi connectivity index (χ1) is 16.3. The van der Waals surface area contributed by atoms with Crippen molar-refractivity contribution in [1.82, 2.24) is 9.88 Å². The maximum Gasteiger partial charge on any atom is 0.416 e. The molecular formula is C25H24F3N3O3. The third-order valence-electron chi connectivity index (χ3n) is 5.68. The van der Waals surface area contributed by atoms with Crippen molar-refractivity contribution in [3.05, 3.63) is 99.5 Å². The van der Waals surface area contributed by atoms with E-state index in [4.69, 9.17) is 4.74 Å². The number of hydrogen-bond donors (Lipinski definition) is 1. The van der Waals surface area contributed by atoms with Crippen LogP contribution in [0.15, 0.2) is 71.7 Å². The molecule has 1 fully saturated rings. The minimum absolute atomic E-state index is 0.0709. The minimum Gasteiger partial charge on any atom is -0.378 e. The minimum atomic E-state index is -4.59. The van der Waals surface area contributed by atoms with Gasteiger partial charge in [0.2, 0.25) is 0 Å². The Labute approximate surface area is 194 Å². The van der Waals surface area contributed by atoms with Crippen molar-refractivity contribution in [3.63, 3.8) is 0 Å². The summed E-state index contributed by atoms with van der Waals surface area (Å²) in [6, 6.07) is 16.3. The van der Waals surface area contributed by atoms with Crippen LogP contribution in [0.5, 0.6) is 0 Å². The molecule has 0 spiro atoms. The van der Waals surface area contributed by atoms with Crippen LogP contribution in [0.2, 0.25) is 0 Å². The van der Waals surface area contributed by atoms with Crippen LogP contribution < -0.4 is 15.8 Å². The number of aromatic nitrogens is 1. The van der Waals surface area contributed by atoms with Crippen LogP contribution in [0.4, 0.5) is 18.9 Å². The molecule has 9 heteroatoms. The van der Waals surface area contributed by atoms with Gasteiger partial charge in [-0.3, -0.25) is 9.59 Å². The number of morpholine rings is 1. The lowest BCUT2D eigenvalue weighted by molar-refractivity contribution is -0.138. The van der Waals surface area contributed by atoms with Crippen LogP contribution in [-0.4, -0.2) is 36.8 Å². The van der Waals surface area contributed by atoms with Crippen LogP contribution in [0.1, 0.15) is 27.0 Å². The third kappa shape index (κ3) is 5.48. The van der Waals surface area contributed by atoms with E-state index in [1.165, 1.54) is 16.7 Å². The zero-order valence-electron chi connectivity index (χ0n) is 18.3. The molecule has 0 saturated carbocycles. The van der Waals surface area contributed by atoms with Crippen LogP contribution in [-0.2, 0) is 24.0 Å². The first-order valence-electron chi connectivity index (χ1n) is 10.9. The van der Waals surface area contributed by atoms with Crippen LogP contribution in [0.25, 0.3) is 0 Å². The van der Waals surface area contributed by atoms with Gasteiger partial charge in [0, 0.05) is 31.5 Å². The number of alkyl halides is 3. The van der Waals surface area contributed by atoms with Gasteiger partial charge in [0.05, 0.1) is 25.3 Å². The third-order valence-corrected chi connectivity index (χ3v) is 5.68. The molecule has 1 N–H and O–H groups in total. The molecule has 3 aromatic rings. The molecule has 2 aromatic carbocycles. The highest BCUT2D eigenvalue weighted by Gasteiger charge is 2.34. The number of halogens is 3. The first kappa shape index (κ1) is 23.6. The normalized spacial score (nSPS) is 14.1. The Bertz CT molecular complexity index is 1200. The molecule has 4 rings (SSSR count). The van der Waals surface area contributed by atoms with Gasteiger partial charge in [0.25, 0.3) is 11.5 Å². The molecule has 2 heterocycles. The highest BCUT2D eigenvalue weighted by Crippen LogP contribution is 2.35. The fourth-order valence-corrected chi connectivity index (χ4v) is 3.89. The van der Waals surface area contributed by atoms with Gasteiger partial charge in [-0.15, -0.1) is 0 Å². The summed E-state index contributed by atoms with van der Waals surface area (Å²) >= 11 is 0. The monoisotopic (exact) mass is 471 g/mol. The lowest BCUT2D eigenvalue weighted by Gasteiger charge is -2.29. The molecule has 1 aliphatic heterocycles. The lowest BCUT2D eigenvalue weighted by atomic mass is 10.0. The number of rotatable bonds is 6. The fraction of sp³-hybridized carbons (Fsp3) is 0.280. The van der Waals surface area contributed by atoms with Gasteiger partial charge in [-0.1, -0.05) is 36.4 Å². The van der Waals surface area contributed by atoms with Crippen molar-refractivity contribution in [3.8, 4) is 0 Å². The van der Waals surface area contributed by atoms with Crippen molar-refractivity contribution in [2.45, 2.75) is 19.3 Å². The van der Waals surface area contributed by atoms with E-state index in [1.54, 1.807) is 18.3 Å². The quantitative estimate of drug-likeness (QED) is 0.596. The summed E-state index contributed by atoms with van der Waals surface area (Å²) in [4.78, 5) is 27.3. The molecule has 6 nitrogen and oxygen atoms in total. The van der Waals surface area contributed by atoms with Gasteiger partial charge < -0.3 is 19.5 Å². The molecule has 1 aliphatic rings. The van der Waals surface area contributed by atoms with Crippen molar-refractivity contribution >= 4 is 11.6 Å². The SMILES string of the molecule is O=C(NCc1ccc(N2CCOCC2)cc1C(F)(F)F)c1cccn(Cc2ccccc2)c1=O. The molecule has 0 radical (unpaired) electrons. The second-order valence-corrected chi connectivity index (χ2v) is 7.96. The van der Waals surface area contributed by atoms with E-state index < -0.39 is 23.2 Å². The maximum absolute atomic E-state index is 13.8. The number of anilines is 1. The maximum atomic E-state index is 13.8. The number of nitrogens with one attached hydrogen (secondary N) is 1. The predicted molar refractivity (Wildman–Crippen MR) is 122 cm³/mol. The molecule has 0 atom stereocenters. The number of ether oxygens (including phenoxy) is 1. The summed E-state index contributed by atoms with van der Waals surface area (Å²) in [7, 11) is 0. The molecule has 178 valence electrons. The van der Waals surface area contributed by atoms with Crippen molar-refractivity contribution < 1.29 is 22.7 Å². The van der Waals surface area contributed by atoms with Gasteiger partial charge >= 0.3 is 6.18 Å². The lowest BCUT2D eigenvalue weighted by Crippen LogP contribution is -2.36. The van der Waals surface area contributed by atoms with Gasteiger partial charge in [0.1, 0.15) is 5.56 Å². The van der Waals surface area contributed by atoms with Gasteiger partial charge in [-0.25, -0.2) is 0 Å². The number of carbonyl (C=O) groups excluding carboxylic acids is 1. The van der Waals surface area contributed by atoms with Crippen LogP contribution >= 0.6 is 0 Å². The second kappa shape index (κ2) is 10.1. The van der Waals surface area contributed by atoms with E-state index in [9.17, 15) is 22.8 Å². The number of amides is 1. The first-order valence-corrected chi connectivity index (χ1v) is 10.9. The summed E-state index contributed by atoms with van der Waals surface area (Å²) in [6.45, 7) is 1.86. The number of benzene rings is 2. The van der Waals surface area contributed by atoms with E-state index >= 15 is 0 Å². The van der Waals surface area contributed by atoms with Crippen molar-refractivity contribution in [2.75, 3.05) is 31.2 Å². The predicted octanol–water partition coefficient (Wildman–Crippen LogP) is 3.68. The molecular weight excluding hydrogens is 447 g/mol. The van der Waals surface area contributed by atoms with Gasteiger partial charge in [0.15, 0.2) is 0 Å². The highest BCUT2D eigenvalue weighted by molar-refractivity contribution is 5.93. The number of nitrogens with zero attached hydrogens (tertiary/aromatic N) is 2. The van der Waals surface area contributed by atoms with E-state index in [0.717, 1.165) is 11.6 Å². The molecule has 0 bridgehead atoms. The van der Waals surface area contributed by atoms with Crippen LogP contribution in [0, 0.1) is 0 Å². The average molecular weight is 471 g/mol. The Morgan fingerprint density at radius 1 is 1.00 bits per heavy atom. The summed E-state index contributed by atoms with van der Waals surface area (Å²) < 4.78 is 47.9. The number of hydrogen-bond acceptors (Lipinski definition) is 4. The Hall–Kier alpha value is -3.59. The molecule has 1 saturated heterocycles. The van der Waals surface area contributed by atoms with E-state index in [0.29, 0.717) is 32.0 Å². The summed E-state index contributed by atoms with van der Waals surface area (Å²) in [5.41, 5.74) is -0.181. The van der Waals surface area contributed by atoms with Crippen molar-refractivity contribution in [1.29, 1.82) is 0 Å². The molecule has 0 unspecified atom stereocenters. The average Bonchev–Trinajstić information content (AvgIpc) is 2.84. The number of pyridine rings is 1. The summed E-state index contributed by atoms with van der Waals surface area (Å²) in [5, 5.41) is 2.47. The standard InChI is InChI=1S/C25H24F3N3O3/c26-25(27,28)22-15-20(30-11-13-34-14-12-30)9-8-19(22)16-29-23(32)21-7-4-10-31(24(21)33)17-18-5-2-1-3-6-18/h1-10,15H,11-14,16-17H2,(H,29,32). The van der Waals surface area contributed by atoms with Crippen molar-refractivity contribution in [2.24, 2.45) is 0 Å². The van der Waals surface area contributed by atoms with Gasteiger partial charge in [-0.2, -0.15) is 13.2 Å². The van der Waals surface area contributed by atoms with Crippen LogP contribution in [0.3, 0.4) is 0 Å².